The standard InChI is InChI=1S/C13H11Br2FN2/c14-9-2-1-5-18-13(9)12(17)7-8-3-4-11(16)10(15)6-8/h1-6,12H,7,17H2. The van der Waals surface area contributed by atoms with E-state index in [2.05, 4.69) is 36.8 Å². The summed E-state index contributed by atoms with van der Waals surface area (Å²) in [6.45, 7) is 0. The molecule has 0 aliphatic heterocycles. The van der Waals surface area contributed by atoms with Crippen molar-refractivity contribution in [2.45, 2.75) is 12.5 Å². The highest BCUT2D eigenvalue weighted by atomic mass is 79.9. The lowest BCUT2D eigenvalue weighted by atomic mass is 10.0. The number of nitrogens with two attached hydrogens (primary N) is 1. The highest BCUT2D eigenvalue weighted by molar-refractivity contribution is 9.10. The number of hydrogen-bond donors (Lipinski definition) is 1. The number of halogens is 3. The van der Waals surface area contributed by atoms with Gasteiger partial charge in [-0.15, -0.1) is 0 Å². The van der Waals surface area contributed by atoms with Crippen molar-refractivity contribution < 1.29 is 4.39 Å². The van der Waals surface area contributed by atoms with Crippen molar-refractivity contribution in [2.75, 3.05) is 0 Å². The molecule has 1 unspecified atom stereocenters. The normalized spacial score (nSPS) is 12.4. The zero-order valence-corrected chi connectivity index (χ0v) is 12.6. The summed E-state index contributed by atoms with van der Waals surface area (Å²) in [6, 6.07) is 8.43. The van der Waals surface area contributed by atoms with Gasteiger partial charge in [0.2, 0.25) is 0 Å². The molecule has 0 fully saturated rings. The van der Waals surface area contributed by atoms with E-state index in [1.54, 1.807) is 18.3 Å². The molecule has 1 aromatic carbocycles. The van der Waals surface area contributed by atoms with Crippen molar-refractivity contribution >= 4 is 31.9 Å². The van der Waals surface area contributed by atoms with Gasteiger partial charge in [0.05, 0.1) is 16.2 Å². The Morgan fingerprint density at radius 3 is 2.67 bits per heavy atom. The molecule has 1 atom stereocenters. The van der Waals surface area contributed by atoms with E-state index in [4.69, 9.17) is 5.73 Å². The fraction of sp³-hybridized carbons (Fsp3) is 0.154. The van der Waals surface area contributed by atoms with Crippen LogP contribution in [0, 0.1) is 5.82 Å². The molecule has 18 heavy (non-hydrogen) atoms. The molecule has 0 bridgehead atoms. The molecule has 94 valence electrons. The molecule has 0 saturated heterocycles. The van der Waals surface area contributed by atoms with Gasteiger partial charge in [-0.2, -0.15) is 0 Å². The summed E-state index contributed by atoms with van der Waals surface area (Å²) < 4.78 is 14.5. The lowest BCUT2D eigenvalue weighted by Gasteiger charge is -2.13. The Hall–Kier alpha value is -0.780. The molecule has 1 heterocycles. The monoisotopic (exact) mass is 372 g/mol. The van der Waals surface area contributed by atoms with Gasteiger partial charge in [0.15, 0.2) is 0 Å². The lowest BCUT2D eigenvalue weighted by Crippen LogP contribution is -2.15. The van der Waals surface area contributed by atoms with Crippen molar-refractivity contribution in [2.24, 2.45) is 5.73 Å². The summed E-state index contributed by atoms with van der Waals surface area (Å²) in [5.41, 5.74) is 7.88. The maximum absolute atomic E-state index is 13.1. The Labute approximate surface area is 122 Å². The SMILES string of the molecule is NC(Cc1ccc(F)c(Br)c1)c1ncccc1Br. The zero-order chi connectivity index (χ0) is 13.1. The molecule has 1 aromatic heterocycles. The molecular weight excluding hydrogens is 363 g/mol. The zero-order valence-electron chi connectivity index (χ0n) is 9.41. The first-order valence-corrected chi connectivity index (χ1v) is 6.96. The van der Waals surface area contributed by atoms with Crippen LogP contribution >= 0.6 is 31.9 Å². The Bertz CT molecular complexity index is 560. The summed E-state index contributed by atoms with van der Waals surface area (Å²) >= 11 is 6.59. The van der Waals surface area contributed by atoms with Crippen LogP contribution in [-0.2, 0) is 6.42 Å². The minimum absolute atomic E-state index is 0.224. The minimum Gasteiger partial charge on any atom is -0.322 e. The predicted molar refractivity (Wildman–Crippen MR) is 76.7 cm³/mol. The molecule has 0 radical (unpaired) electrons. The van der Waals surface area contributed by atoms with Crippen LogP contribution in [0.2, 0.25) is 0 Å². The van der Waals surface area contributed by atoms with Gasteiger partial charge in [0, 0.05) is 10.7 Å². The molecule has 2 aromatic rings. The van der Waals surface area contributed by atoms with E-state index >= 15 is 0 Å². The van der Waals surface area contributed by atoms with E-state index in [0.29, 0.717) is 10.9 Å². The van der Waals surface area contributed by atoms with E-state index in [1.807, 2.05) is 12.1 Å². The van der Waals surface area contributed by atoms with E-state index in [9.17, 15) is 4.39 Å². The van der Waals surface area contributed by atoms with E-state index < -0.39 is 0 Å². The number of aromatic nitrogens is 1. The first-order valence-electron chi connectivity index (χ1n) is 5.38. The number of benzene rings is 1. The van der Waals surface area contributed by atoms with Crippen LogP contribution in [0.4, 0.5) is 4.39 Å². The van der Waals surface area contributed by atoms with Crippen molar-refractivity contribution in [3.05, 3.63) is 62.5 Å². The number of nitrogens with zero attached hydrogens (tertiary/aromatic N) is 1. The third-order valence-corrected chi connectivity index (χ3v) is 3.86. The lowest BCUT2D eigenvalue weighted by molar-refractivity contribution is 0.618. The summed E-state index contributed by atoms with van der Waals surface area (Å²) in [5, 5.41) is 0. The minimum atomic E-state index is -0.272. The average molecular weight is 374 g/mol. The van der Waals surface area contributed by atoms with Crippen molar-refractivity contribution in [3.63, 3.8) is 0 Å². The fourth-order valence-corrected chi connectivity index (χ4v) is 2.66. The molecule has 2 rings (SSSR count). The number of rotatable bonds is 3. The van der Waals surface area contributed by atoms with Gasteiger partial charge in [-0.3, -0.25) is 4.98 Å². The second-order valence-electron chi connectivity index (χ2n) is 3.93. The first kappa shape index (κ1) is 13.6. The van der Waals surface area contributed by atoms with Crippen molar-refractivity contribution in [1.29, 1.82) is 0 Å². The topological polar surface area (TPSA) is 38.9 Å². The average Bonchev–Trinajstić information content (AvgIpc) is 2.34. The predicted octanol–water partition coefficient (Wildman–Crippen LogP) is 3.99. The smallest absolute Gasteiger partial charge is 0.137 e. The summed E-state index contributed by atoms with van der Waals surface area (Å²) in [6.07, 6.45) is 2.31. The van der Waals surface area contributed by atoms with Gasteiger partial charge in [-0.25, -0.2) is 4.39 Å². The molecule has 2 N–H and O–H groups in total. The van der Waals surface area contributed by atoms with Gasteiger partial charge < -0.3 is 5.73 Å². The van der Waals surface area contributed by atoms with Crippen LogP contribution in [-0.4, -0.2) is 4.98 Å². The number of pyridine rings is 1. The van der Waals surface area contributed by atoms with Gasteiger partial charge in [-0.05, 0) is 68.1 Å². The molecule has 0 aliphatic carbocycles. The Kier molecular flexibility index (Phi) is 4.48. The maximum atomic E-state index is 13.1. The van der Waals surface area contributed by atoms with E-state index in [1.165, 1.54) is 6.07 Å². The van der Waals surface area contributed by atoms with Crippen LogP contribution < -0.4 is 5.73 Å². The quantitative estimate of drug-likeness (QED) is 0.883. The summed E-state index contributed by atoms with van der Waals surface area (Å²) in [7, 11) is 0. The maximum Gasteiger partial charge on any atom is 0.137 e. The van der Waals surface area contributed by atoms with Crippen molar-refractivity contribution in [1.82, 2.24) is 4.98 Å². The molecular formula is C13H11Br2FN2. The van der Waals surface area contributed by atoms with Crippen LogP contribution in [0.5, 0.6) is 0 Å². The van der Waals surface area contributed by atoms with Crippen LogP contribution in [0.3, 0.4) is 0 Å². The molecule has 0 aliphatic rings. The Balaban J connectivity index is 2.19. The highest BCUT2D eigenvalue weighted by Crippen LogP contribution is 2.24. The first-order chi connectivity index (χ1) is 8.58. The van der Waals surface area contributed by atoms with Crippen LogP contribution in [0.25, 0.3) is 0 Å². The summed E-state index contributed by atoms with van der Waals surface area (Å²) in [4.78, 5) is 4.26. The van der Waals surface area contributed by atoms with E-state index in [-0.39, 0.29) is 11.9 Å². The number of hydrogen-bond acceptors (Lipinski definition) is 2. The largest absolute Gasteiger partial charge is 0.322 e. The van der Waals surface area contributed by atoms with E-state index in [0.717, 1.165) is 15.7 Å². The molecule has 0 amide bonds. The van der Waals surface area contributed by atoms with Gasteiger partial charge in [-0.1, -0.05) is 6.07 Å². The Morgan fingerprint density at radius 1 is 1.22 bits per heavy atom. The van der Waals surface area contributed by atoms with Gasteiger partial charge >= 0.3 is 0 Å². The molecule has 0 spiro atoms. The highest BCUT2D eigenvalue weighted by Gasteiger charge is 2.12. The van der Waals surface area contributed by atoms with Crippen molar-refractivity contribution in [3.8, 4) is 0 Å². The van der Waals surface area contributed by atoms with Crippen LogP contribution in [0.1, 0.15) is 17.3 Å². The summed E-state index contributed by atoms with van der Waals surface area (Å²) in [5.74, 6) is -0.272. The third-order valence-electron chi connectivity index (χ3n) is 2.58. The second kappa shape index (κ2) is 5.91. The van der Waals surface area contributed by atoms with Crippen LogP contribution in [0.15, 0.2) is 45.5 Å². The molecule has 5 heteroatoms. The van der Waals surface area contributed by atoms with Gasteiger partial charge in [0.25, 0.3) is 0 Å². The fourth-order valence-electron chi connectivity index (χ4n) is 1.69. The third kappa shape index (κ3) is 3.16. The second-order valence-corrected chi connectivity index (χ2v) is 5.64. The molecule has 2 nitrogen and oxygen atoms in total. The molecule has 0 saturated carbocycles. The van der Waals surface area contributed by atoms with Gasteiger partial charge in [0.1, 0.15) is 5.82 Å². The Morgan fingerprint density at radius 2 is 2.00 bits per heavy atom.